The van der Waals surface area contributed by atoms with E-state index in [9.17, 15) is 13.5 Å². The first-order valence-electron chi connectivity index (χ1n) is 5.91. The third kappa shape index (κ3) is 9.09. The van der Waals surface area contributed by atoms with Crippen LogP contribution >= 0.6 is 11.3 Å². The molecule has 110 valence electrons. The van der Waals surface area contributed by atoms with Gasteiger partial charge in [0.15, 0.2) is 0 Å². The van der Waals surface area contributed by atoms with Gasteiger partial charge in [0.1, 0.15) is 0 Å². The Morgan fingerprint density at radius 2 is 2.26 bits per heavy atom. The van der Waals surface area contributed by atoms with Gasteiger partial charge in [-0.25, -0.2) is 13.1 Å². The van der Waals surface area contributed by atoms with E-state index in [1.54, 1.807) is 11.3 Å². The molecule has 0 fully saturated rings. The number of aliphatic hydroxyl groups is 1. The van der Waals surface area contributed by atoms with Crippen LogP contribution < -0.4 is 10.0 Å². The number of ether oxygens (including phenoxy) is 1. The molecule has 1 atom stereocenters. The van der Waals surface area contributed by atoms with Crippen molar-refractivity contribution in [2.45, 2.75) is 12.7 Å². The molecule has 0 aliphatic rings. The minimum absolute atomic E-state index is 0.254. The summed E-state index contributed by atoms with van der Waals surface area (Å²) in [5, 5.41) is 14.5. The first-order chi connectivity index (χ1) is 8.97. The zero-order chi connectivity index (χ0) is 14.1. The van der Waals surface area contributed by atoms with Crippen LogP contribution in [-0.4, -0.2) is 52.1 Å². The molecule has 1 rings (SSSR count). The second-order valence-corrected chi connectivity index (χ2v) is 6.98. The predicted molar refractivity (Wildman–Crippen MR) is 75.7 cm³/mol. The second-order valence-electron chi connectivity index (χ2n) is 4.12. The third-order valence-corrected chi connectivity index (χ3v) is 3.76. The van der Waals surface area contributed by atoms with E-state index >= 15 is 0 Å². The Labute approximate surface area is 117 Å². The van der Waals surface area contributed by atoms with Gasteiger partial charge in [0.05, 0.1) is 25.6 Å². The number of hydrogen-bond acceptors (Lipinski definition) is 6. The summed E-state index contributed by atoms with van der Waals surface area (Å²) in [6.07, 6.45) is 0.512. The molecule has 6 nitrogen and oxygen atoms in total. The van der Waals surface area contributed by atoms with E-state index in [0.29, 0.717) is 26.2 Å². The molecule has 1 unspecified atom stereocenters. The van der Waals surface area contributed by atoms with Crippen molar-refractivity contribution in [3.05, 3.63) is 22.4 Å². The van der Waals surface area contributed by atoms with E-state index in [1.165, 1.54) is 0 Å². The maximum atomic E-state index is 10.8. The minimum atomic E-state index is -3.14. The lowest BCUT2D eigenvalue weighted by molar-refractivity contribution is 0.0300. The number of nitrogens with one attached hydrogen (secondary N) is 2. The molecule has 0 bridgehead atoms. The van der Waals surface area contributed by atoms with Gasteiger partial charge in [-0.05, 0) is 11.4 Å². The van der Waals surface area contributed by atoms with Crippen molar-refractivity contribution in [1.82, 2.24) is 10.0 Å². The molecule has 1 heterocycles. The number of rotatable bonds is 10. The van der Waals surface area contributed by atoms with Gasteiger partial charge in [-0.2, -0.15) is 0 Å². The largest absolute Gasteiger partial charge is 0.389 e. The molecule has 0 aliphatic heterocycles. The van der Waals surface area contributed by atoms with Crippen LogP contribution in [0.15, 0.2) is 17.5 Å². The first-order valence-corrected chi connectivity index (χ1v) is 8.68. The summed E-state index contributed by atoms with van der Waals surface area (Å²) in [6, 6.07) is 3.93. The number of aliphatic hydroxyl groups excluding tert-OH is 1. The van der Waals surface area contributed by atoms with Crippen molar-refractivity contribution in [1.29, 1.82) is 0 Å². The van der Waals surface area contributed by atoms with E-state index in [1.807, 2.05) is 17.5 Å². The highest BCUT2D eigenvalue weighted by Gasteiger charge is 2.05. The van der Waals surface area contributed by atoms with Gasteiger partial charge in [0.2, 0.25) is 10.0 Å². The van der Waals surface area contributed by atoms with Crippen LogP contribution in [0.3, 0.4) is 0 Å². The Kier molecular flexibility index (Phi) is 7.51. The van der Waals surface area contributed by atoms with Crippen molar-refractivity contribution in [2.75, 3.05) is 32.5 Å². The maximum absolute atomic E-state index is 10.8. The van der Waals surface area contributed by atoms with E-state index in [-0.39, 0.29) is 6.61 Å². The normalized spacial score (nSPS) is 13.6. The molecule has 0 aromatic carbocycles. The van der Waals surface area contributed by atoms with E-state index < -0.39 is 16.1 Å². The number of hydrogen-bond donors (Lipinski definition) is 3. The van der Waals surface area contributed by atoms with Crippen LogP contribution in [0.2, 0.25) is 0 Å². The SMILES string of the molecule is CS(=O)(=O)NCCNCC(O)COCc1cccs1. The molecule has 1 aromatic heterocycles. The quantitative estimate of drug-likeness (QED) is 0.520. The van der Waals surface area contributed by atoms with Gasteiger partial charge in [-0.15, -0.1) is 11.3 Å². The summed E-state index contributed by atoms with van der Waals surface area (Å²) in [7, 11) is -3.14. The Hall–Kier alpha value is -0.510. The molecular weight excluding hydrogens is 288 g/mol. The van der Waals surface area contributed by atoms with Crippen molar-refractivity contribution in [3.63, 3.8) is 0 Å². The summed E-state index contributed by atoms with van der Waals surface area (Å²) in [5.41, 5.74) is 0. The lowest BCUT2D eigenvalue weighted by Gasteiger charge is -2.12. The first kappa shape index (κ1) is 16.5. The van der Waals surface area contributed by atoms with Crippen molar-refractivity contribution >= 4 is 21.4 Å². The molecule has 1 aromatic rings. The Morgan fingerprint density at radius 3 is 2.89 bits per heavy atom. The van der Waals surface area contributed by atoms with Gasteiger partial charge in [0.25, 0.3) is 0 Å². The van der Waals surface area contributed by atoms with Gasteiger partial charge >= 0.3 is 0 Å². The molecule has 8 heteroatoms. The van der Waals surface area contributed by atoms with Gasteiger partial charge in [-0.3, -0.25) is 0 Å². The molecule has 0 radical (unpaired) electrons. The van der Waals surface area contributed by atoms with Crippen LogP contribution in [0.1, 0.15) is 4.88 Å². The van der Waals surface area contributed by atoms with E-state index in [0.717, 1.165) is 11.1 Å². The van der Waals surface area contributed by atoms with Crippen LogP contribution in [0.5, 0.6) is 0 Å². The highest BCUT2D eigenvalue weighted by atomic mass is 32.2. The summed E-state index contributed by atoms with van der Waals surface area (Å²) in [5.74, 6) is 0. The van der Waals surface area contributed by atoms with Crippen LogP contribution in [0.4, 0.5) is 0 Å². The standard InChI is InChI=1S/C11H20N2O4S2/c1-19(15,16)13-5-4-12-7-10(14)8-17-9-11-3-2-6-18-11/h2-3,6,10,12-14H,4-5,7-9H2,1H3. The molecule has 0 saturated carbocycles. The topological polar surface area (TPSA) is 87.7 Å². The van der Waals surface area contributed by atoms with Crippen molar-refractivity contribution < 1.29 is 18.3 Å². The molecule has 0 saturated heterocycles. The fourth-order valence-corrected chi connectivity index (χ4v) is 2.46. The van der Waals surface area contributed by atoms with E-state index in [4.69, 9.17) is 4.74 Å². The minimum Gasteiger partial charge on any atom is -0.389 e. The molecular formula is C11H20N2O4S2. The summed E-state index contributed by atoms with van der Waals surface area (Å²) in [4.78, 5) is 1.12. The Morgan fingerprint density at radius 1 is 1.47 bits per heavy atom. The average Bonchev–Trinajstić information content (AvgIpc) is 2.80. The lowest BCUT2D eigenvalue weighted by Crippen LogP contribution is -2.36. The maximum Gasteiger partial charge on any atom is 0.208 e. The van der Waals surface area contributed by atoms with Gasteiger partial charge in [0, 0.05) is 24.5 Å². The van der Waals surface area contributed by atoms with Crippen molar-refractivity contribution in [2.24, 2.45) is 0 Å². The fourth-order valence-electron chi connectivity index (χ4n) is 1.34. The average molecular weight is 308 g/mol. The third-order valence-electron chi connectivity index (χ3n) is 2.18. The molecule has 0 amide bonds. The Balaban J connectivity index is 1.97. The zero-order valence-electron chi connectivity index (χ0n) is 10.8. The Bertz CT molecular complexity index is 434. The van der Waals surface area contributed by atoms with Gasteiger partial charge < -0.3 is 15.2 Å². The van der Waals surface area contributed by atoms with Crippen molar-refractivity contribution in [3.8, 4) is 0 Å². The molecule has 0 spiro atoms. The summed E-state index contributed by atoms with van der Waals surface area (Å²) >= 11 is 1.61. The lowest BCUT2D eigenvalue weighted by atomic mass is 10.4. The number of thiophene rings is 1. The predicted octanol–water partition coefficient (Wildman–Crippen LogP) is -0.236. The molecule has 3 N–H and O–H groups in total. The molecule has 19 heavy (non-hydrogen) atoms. The van der Waals surface area contributed by atoms with Crippen LogP contribution in [0, 0.1) is 0 Å². The fraction of sp³-hybridized carbons (Fsp3) is 0.636. The number of sulfonamides is 1. The monoisotopic (exact) mass is 308 g/mol. The summed E-state index contributed by atoms with van der Waals surface area (Å²) < 4.78 is 29.3. The molecule has 0 aliphatic carbocycles. The van der Waals surface area contributed by atoms with Gasteiger partial charge in [-0.1, -0.05) is 6.07 Å². The second kappa shape index (κ2) is 8.62. The van der Waals surface area contributed by atoms with E-state index in [2.05, 4.69) is 10.0 Å². The zero-order valence-corrected chi connectivity index (χ0v) is 12.5. The highest BCUT2D eigenvalue weighted by molar-refractivity contribution is 7.88. The smallest absolute Gasteiger partial charge is 0.208 e. The van der Waals surface area contributed by atoms with Crippen LogP contribution in [-0.2, 0) is 21.4 Å². The van der Waals surface area contributed by atoms with Crippen LogP contribution in [0.25, 0.3) is 0 Å². The highest BCUT2D eigenvalue weighted by Crippen LogP contribution is 2.09. The summed E-state index contributed by atoms with van der Waals surface area (Å²) in [6.45, 7) is 1.90.